The van der Waals surface area contributed by atoms with Crippen molar-refractivity contribution >= 4 is 5.91 Å². The Kier molecular flexibility index (Phi) is 40.1. The Hall–Kier alpha value is -1.15. The Bertz CT molecular complexity index is 1030. The van der Waals surface area contributed by atoms with Gasteiger partial charge in [0.2, 0.25) is 5.91 Å². The van der Waals surface area contributed by atoms with Crippen LogP contribution in [0.3, 0.4) is 0 Å². The number of unbranched alkanes of at least 4 members (excludes halogenated alkanes) is 31. The number of aliphatic hydroxyl groups excluding tert-OH is 7. The van der Waals surface area contributed by atoms with Crippen LogP contribution in [0.1, 0.15) is 245 Å². The fourth-order valence-corrected chi connectivity index (χ4v) is 8.68. The SMILES string of the molecule is CCCCCCC/C=C/CCCC(O)C(O)C(COC1OC(CO)C(O)C(O)C1O)NC(=O)C(O)CCCCCCCCCCCCCCCCCCCCCCCCCCCC. The van der Waals surface area contributed by atoms with Gasteiger partial charge in [-0.15, -0.1) is 0 Å². The van der Waals surface area contributed by atoms with Gasteiger partial charge in [0.1, 0.15) is 36.6 Å². The maximum Gasteiger partial charge on any atom is 0.249 e. The summed E-state index contributed by atoms with van der Waals surface area (Å²) in [5.74, 6) is -0.704. The minimum absolute atomic E-state index is 0.259. The predicted octanol–water partition coefficient (Wildman–Crippen LogP) is 10.0. The van der Waals surface area contributed by atoms with Crippen molar-refractivity contribution in [1.29, 1.82) is 0 Å². The second-order valence-corrected chi connectivity index (χ2v) is 19.0. The van der Waals surface area contributed by atoms with Crippen LogP contribution in [0.2, 0.25) is 0 Å². The summed E-state index contributed by atoms with van der Waals surface area (Å²) in [7, 11) is 0. The van der Waals surface area contributed by atoms with Crippen LogP contribution in [0.15, 0.2) is 12.2 Å². The Morgan fingerprint density at radius 2 is 0.937 bits per heavy atom. The third-order valence-corrected chi connectivity index (χ3v) is 13.1. The van der Waals surface area contributed by atoms with E-state index in [0.29, 0.717) is 12.8 Å². The number of allylic oxidation sites excluding steroid dienone is 2. The largest absolute Gasteiger partial charge is 0.394 e. The Labute approximate surface area is 385 Å². The lowest BCUT2D eigenvalue weighted by Gasteiger charge is -2.40. The van der Waals surface area contributed by atoms with E-state index < -0.39 is 74.2 Å². The van der Waals surface area contributed by atoms with Gasteiger partial charge in [-0.1, -0.05) is 219 Å². The summed E-state index contributed by atoms with van der Waals surface area (Å²) in [5, 5.41) is 75.6. The van der Waals surface area contributed by atoms with Crippen molar-refractivity contribution in [3.63, 3.8) is 0 Å². The molecule has 0 spiro atoms. The number of hydrogen-bond acceptors (Lipinski definition) is 10. The minimum Gasteiger partial charge on any atom is -0.394 e. The molecule has 1 amide bonds. The minimum atomic E-state index is -1.66. The normalized spacial score (nSPS) is 21.2. The first-order valence-electron chi connectivity index (χ1n) is 26.6. The number of amides is 1. The highest BCUT2D eigenvalue weighted by atomic mass is 16.7. The van der Waals surface area contributed by atoms with E-state index >= 15 is 0 Å². The molecule has 0 bridgehead atoms. The van der Waals surface area contributed by atoms with E-state index in [0.717, 1.165) is 38.5 Å². The molecule has 11 nitrogen and oxygen atoms in total. The van der Waals surface area contributed by atoms with Crippen LogP contribution in [0.4, 0.5) is 0 Å². The van der Waals surface area contributed by atoms with E-state index in [9.17, 15) is 40.5 Å². The smallest absolute Gasteiger partial charge is 0.249 e. The zero-order valence-corrected chi connectivity index (χ0v) is 40.6. The van der Waals surface area contributed by atoms with Crippen LogP contribution >= 0.6 is 0 Å². The number of carbonyl (C=O) groups is 1. The summed E-state index contributed by atoms with van der Waals surface area (Å²) in [5.41, 5.74) is 0. The highest BCUT2D eigenvalue weighted by Gasteiger charge is 2.44. The first kappa shape index (κ1) is 59.9. The lowest BCUT2D eigenvalue weighted by molar-refractivity contribution is -0.303. The van der Waals surface area contributed by atoms with Crippen molar-refractivity contribution in [3.8, 4) is 0 Å². The molecule has 1 aliphatic heterocycles. The molecule has 1 saturated heterocycles. The molecule has 9 unspecified atom stereocenters. The third-order valence-electron chi connectivity index (χ3n) is 13.1. The van der Waals surface area contributed by atoms with Crippen molar-refractivity contribution in [1.82, 2.24) is 5.32 Å². The van der Waals surface area contributed by atoms with Crippen LogP contribution in [0.5, 0.6) is 0 Å². The van der Waals surface area contributed by atoms with E-state index in [2.05, 4.69) is 31.3 Å². The molecule has 0 aliphatic carbocycles. The monoisotopic (exact) mass is 900 g/mol. The molecule has 8 N–H and O–H groups in total. The van der Waals surface area contributed by atoms with Gasteiger partial charge in [0.15, 0.2) is 6.29 Å². The predicted molar refractivity (Wildman–Crippen MR) is 256 cm³/mol. The molecule has 1 rings (SSSR count). The molecule has 63 heavy (non-hydrogen) atoms. The quantitative estimate of drug-likeness (QED) is 0.0216. The molecule has 1 aliphatic rings. The summed E-state index contributed by atoms with van der Waals surface area (Å²) < 4.78 is 11.1. The van der Waals surface area contributed by atoms with E-state index in [-0.39, 0.29) is 12.8 Å². The number of hydrogen-bond donors (Lipinski definition) is 8. The molecular formula is C52H101NO10. The first-order valence-corrected chi connectivity index (χ1v) is 26.6. The molecule has 0 aromatic rings. The maximum absolute atomic E-state index is 13.1. The standard InChI is InChI=1S/C52H101NO10/c1-3-5-7-9-11-13-15-16-17-18-19-20-21-22-23-24-25-26-27-28-29-30-32-34-36-38-40-45(56)51(61)53-43(42-62-52-50(60)49(59)48(58)46(41-54)63-52)47(57)44(55)39-37-35-33-31-14-12-10-8-6-4-2/h31,33,43-50,52,54-60H,3-30,32,34-42H2,1-2H3,(H,53,61)/b33-31+. The van der Waals surface area contributed by atoms with E-state index in [1.165, 1.54) is 167 Å². The average molecular weight is 900 g/mol. The molecule has 0 aromatic carbocycles. The van der Waals surface area contributed by atoms with E-state index in [4.69, 9.17) is 9.47 Å². The van der Waals surface area contributed by atoms with Crippen LogP contribution < -0.4 is 5.32 Å². The number of rotatable bonds is 45. The van der Waals surface area contributed by atoms with Crippen molar-refractivity contribution in [2.24, 2.45) is 0 Å². The summed E-state index contributed by atoms with van der Waals surface area (Å²) in [6.07, 6.45) is 35.8. The van der Waals surface area contributed by atoms with Crippen molar-refractivity contribution < 1.29 is 50.0 Å². The first-order chi connectivity index (χ1) is 30.7. The van der Waals surface area contributed by atoms with Crippen molar-refractivity contribution in [2.45, 2.75) is 300 Å². The molecule has 0 saturated carbocycles. The van der Waals surface area contributed by atoms with Gasteiger partial charge in [-0.05, 0) is 38.5 Å². The van der Waals surface area contributed by atoms with Gasteiger partial charge in [0, 0.05) is 0 Å². The molecule has 11 heteroatoms. The zero-order valence-electron chi connectivity index (χ0n) is 40.6. The van der Waals surface area contributed by atoms with Crippen molar-refractivity contribution in [2.75, 3.05) is 13.2 Å². The summed E-state index contributed by atoms with van der Waals surface area (Å²) in [6, 6.07) is -1.18. The maximum atomic E-state index is 13.1. The molecular weight excluding hydrogens is 799 g/mol. The average Bonchev–Trinajstić information content (AvgIpc) is 3.28. The Balaban J connectivity index is 2.25. The zero-order chi connectivity index (χ0) is 46.2. The van der Waals surface area contributed by atoms with Crippen LogP contribution in [-0.2, 0) is 14.3 Å². The number of nitrogens with one attached hydrogen (secondary N) is 1. The molecule has 1 fully saturated rings. The van der Waals surface area contributed by atoms with Crippen LogP contribution in [-0.4, -0.2) is 110 Å². The van der Waals surface area contributed by atoms with Crippen molar-refractivity contribution in [3.05, 3.63) is 12.2 Å². The van der Waals surface area contributed by atoms with Crippen LogP contribution in [0.25, 0.3) is 0 Å². The molecule has 0 radical (unpaired) electrons. The van der Waals surface area contributed by atoms with Gasteiger partial charge < -0.3 is 50.5 Å². The highest BCUT2D eigenvalue weighted by Crippen LogP contribution is 2.23. The topological polar surface area (TPSA) is 189 Å². The number of carbonyl (C=O) groups excluding carboxylic acids is 1. The second kappa shape index (κ2) is 42.2. The number of ether oxygens (including phenoxy) is 2. The molecule has 1 heterocycles. The summed E-state index contributed by atoms with van der Waals surface area (Å²) >= 11 is 0. The highest BCUT2D eigenvalue weighted by molar-refractivity contribution is 5.80. The lowest BCUT2D eigenvalue weighted by atomic mass is 9.98. The third kappa shape index (κ3) is 31.5. The number of aliphatic hydroxyl groups is 7. The van der Waals surface area contributed by atoms with E-state index in [1.54, 1.807) is 0 Å². The second-order valence-electron chi connectivity index (χ2n) is 19.0. The van der Waals surface area contributed by atoms with E-state index in [1.807, 2.05) is 0 Å². The summed E-state index contributed by atoms with van der Waals surface area (Å²) in [6.45, 7) is 3.41. The molecule has 9 atom stereocenters. The van der Waals surface area contributed by atoms with Crippen LogP contribution in [0, 0.1) is 0 Å². The fourth-order valence-electron chi connectivity index (χ4n) is 8.68. The molecule has 374 valence electrons. The van der Waals surface area contributed by atoms with Gasteiger partial charge in [0.05, 0.1) is 25.4 Å². The van der Waals surface area contributed by atoms with Gasteiger partial charge in [0.25, 0.3) is 0 Å². The Morgan fingerprint density at radius 1 is 0.540 bits per heavy atom. The van der Waals surface area contributed by atoms with Gasteiger partial charge in [-0.3, -0.25) is 4.79 Å². The van der Waals surface area contributed by atoms with Gasteiger partial charge >= 0.3 is 0 Å². The van der Waals surface area contributed by atoms with Gasteiger partial charge in [-0.2, -0.15) is 0 Å². The molecule has 0 aromatic heterocycles. The fraction of sp³-hybridized carbons (Fsp3) is 0.942. The lowest BCUT2D eigenvalue weighted by Crippen LogP contribution is -2.60. The summed E-state index contributed by atoms with van der Waals surface area (Å²) in [4.78, 5) is 13.1. The Morgan fingerprint density at radius 3 is 1.37 bits per heavy atom. The van der Waals surface area contributed by atoms with Gasteiger partial charge in [-0.25, -0.2) is 0 Å².